The molecule has 0 fully saturated rings. The second-order valence-corrected chi connectivity index (χ2v) is 4.19. The second kappa shape index (κ2) is 5.29. The molecule has 1 unspecified atom stereocenters. The van der Waals surface area contributed by atoms with Crippen LogP contribution in [-0.4, -0.2) is 31.7 Å². The molecule has 7 heteroatoms. The second-order valence-electron chi connectivity index (χ2n) is 3.78. The summed E-state index contributed by atoms with van der Waals surface area (Å²) in [5.41, 5.74) is 1.71. The molecule has 92 valence electrons. The quantitative estimate of drug-likeness (QED) is 0.843. The summed E-state index contributed by atoms with van der Waals surface area (Å²) in [6, 6.07) is -0.0892. The van der Waals surface area contributed by atoms with Crippen molar-refractivity contribution < 1.29 is 0 Å². The Morgan fingerprint density at radius 3 is 2.88 bits per heavy atom. The lowest BCUT2D eigenvalue weighted by atomic mass is 10.1. The van der Waals surface area contributed by atoms with Crippen LogP contribution in [0.5, 0.6) is 0 Å². The molecule has 0 radical (unpaired) electrons. The van der Waals surface area contributed by atoms with Gasteiger partial charge in [-0.25, -0.2) is 0 Å². The van der Waals surface area contributed by atoms with Crippen molar-refractivity contribution in [3.8, 4) is 0 Å². The zero-order valence-corrected chi connectivity index (χ0v) is 10.6. The highest BCUT2D eigenvalue weighted by molar-refractivity contribution is 6.31. The van der Waals surface area contributed by atoms with E-state index in [1.165, 1.54) is 0 Å². The van der Waals surface area contributed by atoms with Crippen LogP contribution in [0.3, 0.4) is 0 Å². The first-order valence-electron chi connectivity index (χ1n) is 5.50. The van der Waals surface area contributed by atoms with E-state index in [0.29, 0.717) is 5.02 Å². The Kier molecular flexibility index (Phi) is 3.75. The molecule has 1 atom stereocenters. The summed E-state index contributed by atoms with van der Waals surface area (Å²) in [6.07, 6.45) is 4.36. The maximum Gasteiger partial charge on any atom is 0.106 e. The first-order chi connectivity index (χ1) is 8.24. The van der Waals surface area contributed by atoms with Gasteiger partial charge in [0.05, 0.1) is 29.2 Å². The van der Waals surface area contributed by atoms with E-state index >= 15 is 0 Å². The molecule has 2 heterocycles. The maximum absolute atomic E-state index is 6.15. The zero-order chi connectivity index (χ0) is 12.3. The zero-order valence-electron chi connectivity index (χ0n) is 9.81. The minimum atomic E-state index is -0.0892. The molecule has 0 saturated carbocycles. The molecular weight excluding hydrogens is 240 g/mol. The van der Waals surface area contributed by atoms with Gasteiger partial charge in [-0.1, -0.05) is 18.5 Å². The first-order valence-corrected chi connectivity index (χ1v) is 5.88. The van der Waals surface area contributed by atoms with Crippen LogP contribution < -0.4 is 5.32 Å². The molecule has 0 bridgehead atoms. The highest BCUT2D eigenvalue weighted by Gasteiger charge is 2.22. The largest absolute Gasteiger partial charge is 0.304 e. The van der Waals surface area contributed by atoms with Gasteiger partial charge in [0.25, 0.3) is 0 Å². The van der Waals surface area contributed by atoms with Gasteiger partial charge < -0.3 is 5.32 Å². The van der Waals surface area contributed by atoms with Crippen molar-refractivity contribution in [3.05, 3.63) is 28.8 Å². The summed E-state index contributed by atoms with van der Waals surface area (Å²) in [5.74, 6) is 0. The highest BCUT2D eigenvalue weighted by Crippen LogP contribution is 2.26. The Morgan fingerprint density at radius 2 is 2.35 bits per heavy atom. The molecule has 0 amide bonds. The molecule has 0 spiro atoms. The molecule has 0 saturated heterocycles. The Morgan fingerprint density at radius 1 is 1.53 bits per heavy atom. The van der Waals surface area contributed by atoms with E-state index in [4.69, 9.17) is 11.6 Å². The predicted molar refractivity (Wildman–Crippen MR) is 64.7 cm³/mol. The van der Waals surface area contributed by atoms with Gasteiger partial charge in [-0.3, -0.25) is 4.68 Å². The number of aryl methyl sites for hydroxylation is 1. The Balaban J connectivity index is 2.33. The molecule has 0 aliphatic rings. The number of aromatic amines is 1. The van der Waals surface area contributed by atoms with Crippen molar-refractivity contribution in [1.82, 2.24) is 30.5 Å². The van der Waals surface area contributed by atoms with Gasteiger partial charge in [-0.2, -0.15) is 20.5 Å². The van der Waals surface area contributed by atoms with Gasteiger partial charge in [0.2, 0.25) is 0 Å². The van der Waals surface area contributed by atoms with Crippen LogP contribution in [0.15, 0.2) is 12.4 Å². The molecular formula is C10H15ClN6. The molecule has 0 aliphatic heterocycles. The number of aromatic nitrogens is 5. The van der Waals surface area contributed by atoms with E-state index in [-0.39, 0.29) is 6.04 Å². The van der Waals surface area contributed by atoms with Crippen molar-refractivity contribution in [2.45, 2.75) is 19.4 Å². The molecule has 6 nitrogen and oxygen atoms in total. The topological polar surface area (TPSA) is 71.4 Å². The summed E-state index contributed by atoms with van der Waals surface area (Å²) in [4.78, 5) is 0. The lowest BCUT2D eigenvalue weighted by Gasteiger charge is -2.16. The minimum Gasteiger partial charge on any atom is -0.304 e. The molecule has 2 rings (SSSR count). The lowest BCUT2D eigenvalue weighted by Crippen LogP contribution is -2.26. The fourth-order valence-corrected chi connectivity index (χ4v) is 2.00. The third kappa shape index (κ3) is 2.48. The Bertz CT molecular complexity index is 444. The molecule has 2 N–H and O–H groups in total. The Labute approximate surface area is 104 Å². The predicted octanol–water partition coefficient (Wildman–Crippen LogP) is 1.28. The summed E-state index contributed by atoms with van der Waals surface area (Å²) in [6.45, 7) is 2.98. The number of nitrogens with zero attached hydrogens (tertiary/aromatic N) is 4. The van der Waals surface area contributed by atoms with Crippen molar-refractivity contribution in [3.63, 3.8) is 0 Å². The van der Waals surface area contributed by atoms with Gasteiger partial charge in [0, 0.05) is 7.05 Å². The van der Waals surface area contributed by atoms with Crippen LogP contribution in [0.4, 0.5) is 0 Å². The lowest BCUT2D eigenvalue weighted by molar-refractivity contribution is 0.543. The van der Waals surface area contributed by atoms with Crippen LogP contribution in [0, 0.1) is 0 Å². The third-order valence-corrected chi connectivity index (χ3v) is 2.83. The van der Waals surface area contributed by atoms with Crippen LogP contribution in [0.25, 0.3) is 0 Å². The van der Waals surface area contributed by atoms with Crippen LogP contribution >= 0.6 is 11.6 Å². The maximum atomic E-state index is 6.15. The minimum absolute atomic E-state index is 0.0892. The monoisotopic (exact) mass is 254 g/mol. The SMILES string of the molecule is CCCNC(c1cn[nH]n1)c1c(Cl)cnn1C. The first kappa shape index (κ1) is 12.1. The van der Waals surface area contributed by atoms with Crippen molar-refractivity contribution in [1.29, 1.82) is 0 Å². The number of rotatable bonds is 5. The molecule has 0 aromatic carbocycles. The molecule has 0 aliphatic carbocycles. The highest BCUT2D eigenvalue weighted by atomic mass is 35.5. The van der Waals surface area contributed by atoms with Gasteiger partial charge in [-0.05, 0) is 13.0 Å². The number of halogens is 1. The van der Waals surface area contributed by atoms with Crippen LogP contribution in [0.2, 0.25) is 5.02 Å². The molecule has 17 heavy (non-hydrogen) atoms. The summed E-state index contributed by atoms with van der Waals surface area (Å²) in [7, 11) is 1.86. The van der Waals surface area contributed by atoms with E-state index in [9.17, 15) is 0 Å². The van der Waals surface area contributed by atoms with E-state index in [0.717, 1.165) is 24.4 Å². The van der Waals surface area contributed by atoms with E-state index in [1.54, 1.807) is 17.1 Å². The number of hydrogen-bond donors (Lipinski definition) is 2. The fourth-order valence-electron chi connectivity index (χ4n) is 1.72. The van der Waals surface area contributed by atoms with Crippen molar-refractivity contribution in [2.24, 2.45) is 7.05 Å². The Hall–Kier alpha value is -1.40. The van der Waals surface area contributed by atoms with E-state index < -0.39 is 0 Å². The van der Waals surface area contributed by atoms with E-state index in [2.05, 4.69) is 32.7 Å². The summed E-state index contributed by atoms with van der Waals surface area (Å²) >= 11 is 6.15. The van der Waals surface area contributed by atoms with Gasteiger partial charge >= 0.3 is 0 Å². The average Bonchev–Trinajstić information content (AvgIpc) is 2.93. The van der Waals surface area contributed by atoms with Crippen LogP contribution in [-0.2, 0) is 7.05 Å². The van der Waals surface area contributed by atoms with Crippen molar-refractivity contribution >= 4 is 11.6 Å². The number of hydrogen-bond acceptors (Lipinski definition) is 4. The van der Waals surface area contributed by atoms with E-state index in [1.807, 2.05) is 7.05 Å². The smallest absolute Gasteiger partial charge is 0.106 e. The molecule has 2 aromatic rings. The summed E-state index contributed by atoms with van der Waals surface area (Å²) < 4.78 is 1.75. The van der Waals surface area contributed by atoms with Crippen molar-refractivity contribution in [2.75, 3.05) is 6.54 Å². The van der Waals surface area contributed by atoms with Gasteiger partial charge in [0.15, 0.2) is 0 Å². The van der Waals surface area contributed by atoms with Crippen LogP contribution in [0.1, 0.15) is 30.8 Å². The molecule has 2 aromatic heterocycles. The number of H-pyrrole nitrogens is 1. The normalized spacial score (nSPS) is 12.9. The average molecular weight is 255 g/mol. The van der Waals surface area contributed by atoms with Gasteiger partial charge in [-0.15, -0.1) is 0 Å². The standard InChI is InChI=1S/C10H15ClN6/c1-3-4-12-9(8-6-13-16-15-8)10-7(11)5-14-17(10)2/h5-6,9,12H,3-4H2,1-2H3,(H,13,15,16). The third-order valence-electron chi connectivity index (χ3n) is 2.54. The fraction of sp³-hybridized carbons (Fsp3) is 0.500. The number of nitrogens with one attached hydrogen (secondary N) is 2. The van der Waals surface area contributed by atoms with Gasteiger partial charge in [0.1, 0.15) is 5.69 Å². The summed E-state index contributed by atoms with van der Waals surface area (Å²) in [5, 5.41) is 18.7.